The monoisotopic (exact) mass is 447 g/mol. The minimum Gasteiger partial charge on any atom is -0.378 e. The fourth-order valence-electron chi connectivity index (χ4n) is 2.69. The van der Waals surface area contributed by atoms with Gasteiger partial charge in [-0.1, -0.05) is 11.3 Å². The third-order valence-corrected chi connectivity index (χ3v) is 6.85. The van der Waals surface area contributed by atoms with Crippen LogP contribution in [0.1, 0.15) is 21.8 Å². The Morgan fingerprint density at radius 2 is 1.97 bits per heavy atom. The third-order valence-electron chi connectivity index (χ3n) is 4.19. The van der Waals surface area contributed by atoms with E-state index in [1.165, 1.54) is 26.2 Å². The molecule has 2 heterocycles. The zero-order chi connectivity index (χ0) is 21.2. The maximum absolute atomic E-state index is 12.9. The van der Waals surface area contributed by atoms with Gasteiger partial charge in [0.2, 0.25) is 15.2 Å². The molecular formula is C16H19F2N5O4S2. The lowest BCUT2D eigenvalue weighted by Gasteiger charge is -2.30. The van der Waals surface area contributed by atoms with Crippen molar-refractivity contribution >= 4 is 38.1 Å². The van der Waals surface area contributed by atoms with Crippen molar-refractivity contribution in [3.63, 3.8) is 0 Å². The van der Waals surface area contributed by atoms with E-state index in [9.17, 15) is 22.0 Å². The van der Waals surface area contributed by atoms with Crippen LogP contribution in [0, 0.1) is 0 Å². The van der Waals surface area contributed by atoms with Crippen molar-refractivity contribution in [1.29, 1.82) is 0 Å². The summed E-state index contributed by atoms with van der Waals surface area (Å²) in [6, 6.07) is 4.25. The second-order valence-electron chi connectivity index (χ2n) is 6.27. The number of anilines is 2. The molecule has 29 heavy (non-hydrogen) atoms. The minimum absolute atomic E-state index is 0.0600. The van der Waals surface area contributed by atoms with Crippen LogP contribution in [-0.4, -0.2) is 69.2 Å². The van der Waals surface area contributed by atoms with E-state index in [1.807, 2.05) is 4.90 Å². The number of nitrogens with one attached hydrogen (secondary N) is 1. The highest BCUT2D eigenvalue weighted by Gasteiger charge is 2.25. The molecule has 1 N–H and O–H groups in total. The summed E-state index contributed by atoms with van der Waals surface area (Å²) in [7, 11) is -1.00. The minimum atomic E-state index is -3.77. The molecule has 2 aromatic rings. The molecule has 1 aromatic heterocycles. The Morgan fingerprint density at radius 3 is 2.55 bits per heavy atom. The third kappa shape index (κ3) is 4.69. The number of aromatic nitrogens is 2. The van der Waals surface area contributed by atoms with Crippen molar-refractivity contribution in [3.05, 3.63) is 28.8 Å². The first kappa shape index (κ1) is 21.5. The fourth-order valence-corrected chi connectivity index (χ4v) is 4.21. The Labute approximate surface area is 170 Å². The summed E-state index contributed by atoms with van der Waals surface area (Å²) in [4.78, 5) is 14.7. The van der Waals surface area contributed by atoms with E-state index in [0.717, 1.165) is 4.31 Å². The van der Waals surface area contributed by atoms with Crippen LogP contribution >= 0.6 is 11.3 Å². The van der Waals surface area contributed by atoms with Gasteiger partial charge in [0.05, 0.1) is 23.7 Å². The molecule has 0 atom stereocenters. The van der Waals surface area contributed by atoms with Crippen LogP contribution in [0.3, 0.4) is 0 Å². The average molecular weight is 447 g/mol. The highest BCUT2D eigenvalue weighted by molar-refractivity contribution is 7.89. The van der Waals surface area contributed by atoms with Crippen LogP contribution in [0.2, 0.25) is 0 Å². The van der Waals surface area contributed by atoms with Crippen molar-refractivity contribution in [3.8, 4) is 0 Å². The number of nitrogens with zero attached hydrogens (tertiary/aromatic N) is 4. The number of amides is 1. The van der Waals surface area contributed by atoms with Crippen LogP contribution < -0.4 is 10.2 Å². The molecule has 0 bridgehead atoms. The zero-order valence-electron chi connectivity index (χ0n) is 15.6. The molecule has 158 valence electrons. The highest BCUT2D eigenvalue weighted by atomic mass is 32.2. The average Bonchev–Trinajstić information content (AvgIpc) is 3.17. The van der Waals surface area contributed by atoms with Gasteiger partial charge in [0.15, 0.2) is 5.01 Å². The lowest BCUT2D eigenvalue weighted by atomic mass is 10.1. The number of carbonyl (C=O) groups is 1. The molecule has 1 fully saturated rings. The van der Waals surface area contributed by atoms with Gasteiger partial charge in [0.25, 0.3) is 12.3 Å². The number of carbonyl (C=O) groups excluding carboxylic acids is 1. The van der Waals surface area contributed by atoms with E-state index >= 15 is 0 Å². The SMILES string of the molecule is CN(C)S(=O)(=O)c1ccc(N2CCOCC2)c(C(=O)Nc2nnc(C(F)F)s2)c1. The predicted octanol–water partition coefficient (Wildman–Crippen LogP) is 1.81. The number of sulfonamides is 1. The van der Waals surface area contributed by atoms with Crippen molar-refractivity contribution in [1.82, 2.24) is 14.5 Å². The van der Waals surface area contributed by atoms with Crippen molar-refractivity contribution < 1.29 is 26.7 Å². The summed E-state index contributed by atoms with van der Waals surface area (Å²) < 4.78 is 56.8. The normalized spacial score (nSPS) is 15.2. The van der Waals surface area contributed by atoms with E-state index in [1.54, 1.807) is 6.07 Å². The van der Waals surface area contributed by atoms with Gasteiger partial charge in [-0.05, 0) is 18.2 Å². The van der Waals surface area contributed by atoms with Gasteiger partial charge in [-0.15, -0.1) is 10.2 Å². The van der Waals surface area contributed by atoms with Crippen LogP contribution in [0.25, 0.3) is 0 Å². The molecule has 0 unspecified atom stereocenters. The smallest absolute Gasteiger partial charge is 0.291 e. The van der Waals surface area contributed by atoms with Gasteiger partial charge in [0.1, 0.15) is 0 Å². The molecule has 1 aliphatic rings. The standard InChI is InChI=1S/C16H19F2N5O4S2/c1-22(2)29(25,26)10-3-4-12(23-5-7-27-8-6-23)11(9-10)14(24)19-16-21-20-15(28-16)13(17)18/h3-4,9,13H,5-8H2,1-2H3,(H,19,21,24). The molecule has 0 radical (unpaired) electrons. The van der Waals surface area contributed by atoms with Crippen LogP contribution in [0.5, 0.6) is 0 Å². The second-order valence-corrected chi connectivity index (χ2v) is 9.43. The molecule has 1 aliphatic heterocycles. The first-order valence-corrected chi connectivity index (χ1v) is 10.8. The first-order chi connectivity index (χ1) is 13.7. The molecule has 1 amide bonds. The van der Waals surface area contributed by atoms with E-state index in [0.29, 0.717) is 43.3 Å². The van der Waals surface area contributed by atoms with Gasteiger partial charge in [-0.2, -0.15) is 0 Å². The summed E-state index contributed by atoms with van der Waals surface area (Å²) in [5, 5.41) is 8.68. The van der Waals surface area contributed by atoms with Crippen molar-refractivity contribution in [2.24, 2.45) is 0 Å². The van der Waals surface area contributed by atoms with Crippen LogP contribution in [-0.2, 0) is 14.8 Å². The summed E-state index contributed by atoms with van der Waals surface area (Å²) >= 11 is 0.556. The van der Waals surface area contributed by atoms with E-state index < -0.39 is 27.4 Å². The molecule has 1 aromatic carbocycles. The van der Waals surface area contributed by atoms with Gasteiger partial charge in [-0.3, -0.25) is 10.1 Å². The molecule has 1 saturated heterocycles. The first-order valence-electron chi connectivity index (χ1n) is 8.52. The zero-order valence-corrected chi connectivity index (χ0v) is 17.3. The lowest BCUT2D eigenvalue weighted by Crippen LogP contribution is -2.37. The number of halogens is 2. The number of morpholine rings is 1. The van der Waals surface area contributed by atoms with Crippen LogP contribution in [0.15, 0.2) is 23.1 Å². The maximum Gasteiger partial charge on any atom is 0.291 e. The summed E-state index contributed by atoms with van der Waals surface area (Å²) in [5.41, 5.74) is 0.603. The fraction of sp³-hybridized carbons (Fsp3) is 0.438. The van der Waals surface area contributed by atoms with Crippen molar-refractivity contribution in [2.45, 2.75) is 11.3 Å². The highest BCUT2D eigenvalue weighted by Crippen LogP contribution is 2.29. The van der Waals surface area contributed by atoms with Crippen molar-refractivity contribution in [2.75, 3.05) is 50.6 Å². The van der Waals surface area contributed by atoms with Crippen LogP contribution in [0.4, 0.5) is 19.6 Å². The molecule has 0 spiro atoms. The number of benzene rings is 1. The van der Waals surface area contributed by atoms with E-state index in [-0.39, 0.29) is 15.6 Å². The maximum atomic E-state index is 12.9. The quantitative estimate of drug-likeness (QED) is 0.720. The molecule has 0 saturated carbocycles. The van der Waals surface area contributed by atoms with Gasteiger partial charge in [0, 0.05) is 32.9 Å². The van der Waals surface area contributed by atoms with Gasteiger partial charge in [-0.25, -0.2) is 21.5 Å². The Kier molecular flexibility index (Phi) is 6.41. The van der Waals surface area contributed by atoms with Gasteiger partial charge < -0.3 is 9.64 Å². The lowest BCUT2D eigenvalue weighted by molar-refractivity contribution is 0.102. The summed E-state index contributed by atoms with van der Waals surface area (Å²) in [6.07, 6.45) is -2.80. The van der Waals surface area contributed by atoms with E-state index in [2.05, 4.69) is 15.5 Å². The second kappa shape index (κ2) is 8.65. The number of hydrogen-bond donors (Lipinski definition) is 1. The topological polar surface area (TPSA) is 105 Å². The molecule has 13 heteroatoms. The molecular weight excluding hydrogens is 428 g/mol. The molecule has 9 nitrogen and oxygen atoms in total. The summed E-state index contributed by atoms with van der Waals surface area (Å²) in [6.45, 7) is 1.97. The Bertz CT molecular complexity index is 991. The Balaban J connectivity index is 1.98. The Morgan fingerprint density at radius 1 is 1.28 bits per heavy atom. The van der Waals surface area contributed by atoms with E-state index in [4.69, 9.17) is 4.74 Å². The van der Waals surface area contributed by atoms with Gasteiger partial charge >= 0.3 is 0 Å². The summed E-state index contributed by atoms with van der Waals surface area (Å²) in [5.74, 6) is -0.667. The number of alkyl halides is 2. The number of ether oxygens (including phenoxy) is 1. The molecule has 0 aliphatic carbocycles. The number of rotatable bonds is 6. The largest absolute Gasteiger partial charge is 0.378 e. The molecule has 3 rings (SSSR count). The Hall–Kier alpha value is -2.22. The number of hydrogen-bond acceptors (Lipinski definition) is 8. The predicted molar refractivity (Wildman–Crippen MR) is 103 cm³/mol.